The van der Waals surface area contributed by atoms with E-state index in [0.29, 0.717) is 23.5 Å². The van der Waals surface area contributed by atoms with Gasteiger partial charge in [-0.25, -0.2) is 0 Å². The molecule has 0 aliphatic rings. The number of hydrogen-bond acceptors (Lipinski definition) is 0. The predicted octanol–water partition coefficient (Wildman–Crippen LogP) is 1.01. The molecule has 0 spiro atoms. The van der Waals surface area contributed by atoms with Crippen molar-refractivity contribution >= 4 is 46.4 Å². The fourth-order valence-corrected chi connectivity index (χ4v) is 5.49. The van der Waals surface area contributed by atoms with Crippen molar-refractivity contribution in [3.8, 4) is 0 Å². The molecule has 0 saturated heterocycles. The third-order valence-corrected chi connectivity index (χ3v) is 6.97. The molecule has 2 aromatic carbocycles. The van der Waals surface area contributed by atoms with Crippen molar-refractivity contribution < 1.29 is 42.9 Å². The maximum absolute atomic E-state index is 5.91. The first-order valence-corrected chi connectivity index (χ1v) is 13.7. The third-order valence-electron chi connectivity index (χ3n) is 6.30. The van der Waals surface area contributed by atoms with Gasteiger partial charge in [0.2, 0.25) is 0 Å². The van der Waals surface area contributed by atoms with Crippen molar-refractivity contribution in [1.82, 2.24) is 0 Å². The lowest BCUT2D eigenvalue weighted by atomic mass is 10.2. The number of alkyl halides is 4. The van der Waals surface area contributed by atoms with E-state index in [1.165, 1.54) is 11.1 Å². The van der Waals surface area contributed by atoms with Gasteiger partial charge in [-0.3, -0.25) is 0 Å². The standard InChI is InChI=1S/2C13H20Cl2N.2BrH/c2*1-2-16(10-8-14,11-9-15)12-13-6-4-3-5-7-13;;/h2*3-7H,2,8-12H2,1H3;2*1H/q2*+1;;/p-2. The van der Waals surface area contributed by atoms with Gasteiger partial charge in [-0.15, -0.1) is 46.4 Å². The van der Waals surface area contributed by atoms with Gasteiger partial charge in [0.25, 0.3) is 0 Å². The smallest absolute Gasteiger partial charge is 0.104 e. The SMILES string of the molecule is CC[N+](CCCl)(CCCl)Cc1ccccc1.CC[N+](CCCl)(CCCl)Cc1ccccc1.[Br-].[Br-]. The molecule has 34 heavy (non-hydrogen) atoms. The Morgan fingerprint density at radius 3 is 0.971 bits per heavy atom. The van der Waals surface area contributed by atoms with E-state index in [4.69, 9.17) is 46.4 Å². The molecular weight excluding hydrogens is 642 g/mol. The van der Waals surface area contributed by atoms with Gasteiger partial charge in [-0.2, -0.15) is 0 Å². The van der Waals surface area contributed by atoms with Crippen molar-refractivity contribution in [1.29, 1.82) is 0 Å². The van der Waals surface area contributed by atoms with Crippen LogP contribution in [-0.4, -0.2) is 71.8 Å². The van der Waals surface area contributed by atoms with E-state index in [0.717, 1.165) is 61.3 Å². The Morgan fingerprint density at radius 1 is 0.500 bits per heavy atom. The normalized spacial score (nSPS) is 11.0. The molecule has 0 N–H and O–H groups in total. The molecule has 196 valence electrons. The van der Waals surface area contributed by atoms with Crippen LogP contribution in [0.25, 0.3) is 0 Å². The summed E-state index contributed by atoms with van der Waals surface area (Å²) in [6.45, 7) is 12.6. The molecule has 0 atom stereocenters. The molecule has 0 radical (unpaired) electrons. The van der Waals surface area contributed by atoms with Crippen molar-refractivity contribution in [3.63, 3.8) is 0 Å². The Balaban J connectivity index is 0. The zero-order chi connectivity index (χ0) is 23.7. The quantitative estimate of drug-likeness (QED) is 0.207. The minimum absolute atomic E-state index is 0. The van der Waals surface area contributed by atoms with Crippen LogP contribution in [0, 0.1) is 0 Å². The van der Waals surface area contributed by atoms with Crippen molar-refractivity contribution in [3.05, 3.63) is 71.8 Å². The third kappa shape index (κ3) is 13.7. The maximum atomic E-state index is 5.91. The molecule has 2 rings (SSSR count). The van der Waals surface area contributed by atoms with Crippen LogP contribution in [0.4, 0.5) is 0 Å². The Bertz CT molecular complexity index is 635. The predicted molar refractivity (Wildman–Crippen MR) is 144 cm³/mol. The van der Waals surface area contributed by atoms with Gasteiger partial charge in [0.15, 0.2) is 0 Å². The number of halogens is 6. The molecule has 0 aliphatic heterocycles. The summed E-state index contributed by atoms with van der Waals surface area (Å²) in [4.78, 5) is 0. The molecule has 0 amide bonds. The molecule has 2 aromatic rings. The van der Waals surface area contributed by atoms with Crippen LogP contribution in [0.3, 0.4) is 0 Å². The second kappa shape index (κ2) is 21.6. The number of hydrogen-bond donors (Lipinski definition) is 0. The van der Waals surface area contributed by atoms with Gasteiger partial charge in [0, 0.05) is 11.1 Å². The van der Waals surface area contributed by atoms with Gasteiger partial charge < -0.3 is 42.9 Å². The van der Waals surface area contributed by atoms with E-state index in [2.05, 4.69) is 62.4 Å². The zero-order valence-corrected chi connectivity index (χ0v) is 26.6. The summed E-state index contributed by atoms with van der Waals surface area (Å²) in [6, 6.07) is 21.1. The highest BCUT2D eigenvalue weighted by Gasteiger charge is 2.25. The van der Waals surface area contributed by atoms with E-state index in [1.807, 2.05) is 12.1 Å². The fraction of sp³-hybridized carbons (Fsp3) is 0.538. The summed E-state index contributed by atoms with van der Waals surface area (Å²) >= 11 is 23.6. The molecule has 8 heteroatoms. The molecule has 0 saturated carbocycles. The molecule has 0 aromatic heterocycles. The van der Waals surface area contributed by atoms with Crippen LogP contribution >= 0.6 is 46.4 Å². The lowest BCUT2D eigenvalue weighted by Crippen LogP contribution is -3.00. The Hall–Kier alpha value is 0.480. The molecule has 0 aliphatic carbocycles. The van der Waals surface area contributed by atoms with Crippen LogP contribution in [0.15, 0.2) is 60.7 Å². The second-order valence-corrected chi connectivity index (χ2v) is 9.77. The van der Waals surface area contributed by atoms with Crippen LogP contribution < -0.4 is 34.0 Å². The van der Waals surface area contributed by atoms with Gasteiger partial charge in [0.05, 0.1) is 62.8 Å². The highest BCUT2D eigenvalue weighted by Crippen LogP contribution is 2.16. The summed E-state index contributed by atoms with van der Waals surface area (Å²) in [5.41, 5.74) is 2.72. The minimum atomic E-state index is 0. The topological polar surface area (TPSA) is 0 Å². The number of rotatable bonds is 14. The van der Waals surface area contributed by atoms with Gasteiger partial charge >= 0.3 is 0 Å². The second-order valence-electron chi connectivity index (χ2n) is 8.25. The summed E-state index contributed by atoms with van der Waals surface area (Å²) in [5, 5.41) is 0. The minimum Gasteiger partial charge on any atom is -1.00 e. The number of benzene rings is 2. The number of quaternary nitrogens is 2. The lowest BCUT2D eigenvalue weighted by Gasteiger charge is -2.37. The van der Waals surface area contributed by atoms with Gasteiger partial charge in [0.1, 0.15) is 13.1 Å². The summed E-state index contributed by atoms with van der Waals surface area (Å²) < 4.78 is 1.97. The van der Waals surface area contributed by atoms with Gasteiger partial charge in [-0.05, 0) is 13.8 Å². The highest BCUT2D eigenvalue weighted by molar-refractivity contribution is 6.18. The van der Waals surface area contributed by atoms with Crippen LogP contribution in [0.5, 0.6) is 0 Å². The summed E-state index contributed by atoms with van der Waals surface area (Å²) in [6.07, 6.45) is 0. The van der Waals surface area contributed by atoms with E-state index in [9.17, 15) is 0 Å². The Labute approximate surface area is 249 Å². The fourth-order valence-electron chi connectivity index (χ4n) is 4.05. The van der Waals surface area contributed by atoms with Crippen LogP contribution in [0.1, 0.15) is 25.0 Å². The Morgan fingerprint density at radius 2 is 0.765 bits per heavy atom. The molecule has 0 unspecified atom stereocenters. The average Bonchev–Trinajstić information content (AvgIpc) is 2.81. The van der Waals surface area contributed by atoms with E-state index in [1.54, 1.807) is 0 Å². The van der Waals surface area contributed by atoms with Crippen molar-refractivity contribution in [2.75, 3.05) is 62.8 Å². The monoisotopic (exact) mass is 678 g/mol. The first-order chi connectivity index (χ1) is 15.5. The number of nitrogens with zero attached hydrogens (tertiary/aromatic N) is 2. The first-order valence-electron chi connectivity index (χ1n) is 11.5. The maximum Gasteiger partial charge on any atom is 0.104 e. The van der Waals surface area contributed by atoms with Crippen LogP contribution in [-0.2, 0) is 13.1 Å². The molecule has 2 nitrogen and oxygen atoms in total. The Kier molecular flexibility index (Phi) is 23.2. The average molecular weight is 682 g/mol. The molecule has 0 fully saturated rings. The van der Waals surface area contributed by atoms with E-state index < -0.39 is 0 Å². The first kappa shape index (κ1) is 36.6. The summed E-state index contributed by atoms with van der Waals surface area (Å²) in [7, 11) is 0. The lowest BCUT2D eigenvalue weighted by molar-refractivity contribution is -0.935. The van der Waals surface area contributed by atoms with Gasteiger partial charge in [-0.1, -0.05) is 60.7 Å². The van der Waals surface area contributed by atoms with E-state index in [-0.39, 0.29) is 34.0 Å². The molecule has 0 bridgehead atoms. The summed E-state index contributed by atoms with van der Waals surface area (Å²) in [5.74, 6) is 2.77. The van der Waals surface area contributed by atoms with Crippen LogP contribution in [0.2, 0.25) is 0 Å². The zero-order valence-electron chi connectivity index (χ0n) is 20.4. The molecule has 0 heterocycles. The van der Waals surface area contributed by atoms with E-state index >= 15 is 0 Å². The highest BCUT2D eigenvalue weighted by atomic mass is 79.9. The largest absolute Gasteiger partial charge is 1.00 e. The molecular formula is C26H40Br2Cl4N2. The van der Waals surface area contributed by atoms with Crippen molar-refractivity contribution in [2.45, 2.75) is 26.9 Å². The van der Waals surface area contributed by atoms with Crippen molar-refractivity contribution in [2.24, 2.45) is 0 Å².